The van der Waals surface area contributed by atoms with Crippen LogP contribution in [0.25, 0.3) is 0 Å². The first kappa shape index (κ1) is 18.6. The van der Waals surface area contributed by atoms with Gasteiger partial charge < -0.3 is 10.6 Å². The van der Waals surface area contributed by atoms with Gasteiger partial charge in [-0.25, -0.2) is 12.7 Å². The fraction of sp³-hybridized carbons (Fsp3) is 0.600. The quantitative estimate of drug-likeness (QED) is 0.593. The van der Waals surface area contributed by atoms with Gasteiger partial charge >= 0.3 is 0 Å². The lowest BCUT2D eigenvalue weighted by Gasteiger charge is -2.34. The van der Waals surface area contributed by atoms with E-state index in [9.17, 15) is 18.5 Å². The second kappa shape index (κ2) is 7.04. The molecule has 1 heterocycles. The summed E-state index contributed by atoms with van der Waals surface area (Å²) in [6.45, 7) is 4.55. The van der Waals surface area contributed by atoms with Crippen LogP contribution in [0.15, 0.2) is 23.1 Å². The molecule has 1 fully saturated rings. The molecule has 0 radical (unpaired) electrons. The number of hydrogen-bond donors (Lipinski definition) is 2. The summed E-state index contributed by atoms with van der Waals surface area (Å²) >= 11 is 0. The number of benzene rings is 1. The van der Waals surface area contributed by atoms with E-state index < -0.39 is 14.9 Å². The number of nitrogens with zero attached hydrogens (tertiary/aromatic N) is 2. The molecule has 0 amide bonds. The summed E-state index contributed by atoms with van der Waals surface area (Å²) in [5.41, 5.74) is 0.121. The number of sulfonamides is 1. The predicted molar refractivity (Wildman–Crippen MR) is 92.7 cm³/mol. The van der Waals surface area contributed by atoms with Crippen molar-refractivity contribution >= 4 is 21.4 Å². The van der Waals surface area contributed by atoms with Crippen LogP contribution in [0.3, 0.4) is 0 Å². The second-order valence-electron chi connectivity index (χ2n) is 6.67. The smallest absolute Gasteiger partial charge is 0.293 e. The number of nitrogens with one attached hydrogen (secondary N) is 2. The van der Waals surface area contributed by atoms with Crippen LogP contribution in [-0.4, -0.2) is 51.4 Å². The number of rotatable bonds is 6. The normalized spacial score (nSPS) is 21.7. The molecular weight excluding hydrogens is 332 g/mol. The van der Waals surface area contributed by atoms with Crippen molar-refractivity contribution in [2.75, 3.05) is 39.0 Å². The van der Waals surface area contributed by atoms with Crippen LogP contribution in [0.4, 0.5) is 11.4 Å². The summed E-state index contributed by atoms with van der Waals surface area (Å²) in [6.07, 6.45) is 2.11. The summed E-state index contributed by atoms with van der Waals surface area (Å²) in [6, 6.07) is 3.97. The Morgan fingerprint density at radius 3 is 2.67 bits per heavy atom. The van der Waals surface area contributed by atoms with Gasteiger partial charge in [-0.2, -0.15) is 0 Å². The maximum Gasteiger partial charge on any atom is 0.293 e. The number of hydrogen-bond acceptors (Lipinski definition) is 6. The molecule has 0 saturated carbocycles. The van der Waals surface area contributed by atoms with Gasteiger partial charge in [0.2, 0.25) is 10.0 Å². The molecule has 1 aliphatic rings. The topological polar surface area (TPSA) is 105 Å². The first-order valence-corrected chi connectivity index (χ1v) is 9.25. The lowest BCUT2D eigenvalue weighted by Crippen LogP contribution is -2.42. The van der Waals surface area contributed by atoms with Gasteiger partial charge in [0.05, 0.1) is 9.82 Å². The summed E-state index contributed by atoms with van der Waals surface area (Å²) in [4.78, 5) is 10.7. The van der Waals surface area contributed by atoms with Crippen LogP contribution in [0.2, 0.25) is 0 Å². The van der Waals surface area contributed by atoms with Crippen LogP contribution in [0.1, 0.15) is 19.8 Å². The van der Waals surface area contributed by atoms with Gasteiger partial charge in [0, 0.05) is 33.3 Å². The van der Waals surface area contributed by atoms with E-state index in [0.29, 0.717) is 12.2 Å². The Kier molecular flexibility index (Phi) is 5.46. The van der Waals surface area contributed by atoms with Gasteiger partial charge in [0.1, 0.15) is 5.69 Å². The molecule has 2 N–H and O–H groups in total. The number of nitro benzene ring substituents is 1. The average molecular weight is 356 g/mol. The molecule has 0 bridgehead atoms. The molecule has 1 aromatic carbocycles. The minimum absolute atomic E-state index is 0.0144. The van der Waals surface area contributed by atoms with Crippen molar-refractivity contribution in [1.29, 1.82) is 0 Å². The van der Waals surface area contributed by atoms with Gasteiger partial charge in [-0.05, 0) is 36.9 Å². The van der Waals surface area contributed by atoms with Gasteiger partial charge in [-0.15, -0.1) is 0 Å². The van der Waals surface area contributed by atoms with E-state index in [4.69, 9.17) is 0 Å². The number of piperidine rings is 1. The third-order valence-electron chi connectivity index (χ3n) is 4.34. The average Bonchev–Trinajstić information content (AvgIpc) is 2.53. The molecule has 1 aliphatic heterocycles. The highest BCUT2D eigenvalue weighted by molar-refractivity contribution is 7.89. The van der Waals surface area contributed by atoms with Gasteiger partial charge in [-0.3, -0.25) is 10.1 Å². The first-order chi connectivity index (χ1) is 11.2. The maximum atomic E-state index is 12.1. The highest BCUT2D eigenvalue weighted by atomic mass is 32.2. The van der Waals surface area contributed by atoms with Crippen LogP contribution in [0.5, 0.6) is 0 Å². The zero-order chi connectivity index (χ0) is 18.0. The van der Waals surface area contributed by atoms with Gasteiger partial charge in [0.15, 0.2) is 0 Å². The largest absolute Gasteiger partial charge is 0.379 e. The summed E-state index contributed by atoms with van der Waals surface area (Å²) in [5.74, 6) is 0. The maximum absolute atomic E-state index is 12.1. The molecule has 2 rings (SSSR count). The molecule has 8 nitrogen and oxygen atoms in total. The van der Waals surface area contributed by atoms with E-state index in [1.54, 1.807) is 0 Å². The van der Waals surface area contributed by atoms with Crippen LogP contribution in [-0.2, 0) is 10.0 Å². The minimum atomic E-state index is -3.71. The Bertz CT molecular complexity index is 712. The van der Waals surface area contributed by atoms with Gasteiger partial charge in [0.25, 0.3) is 5.69 Å². The Hall–Kier alpha value is -1.71. The molecule has 9 heteroatoms. The van der Waals surface area contributed by atoms with Crippen LogP contribution in [0, 0.1) is 15.5 Å². The van der Waals surface area contributed by atoms with E-state index in [0.717, 1.165) is 36.3 Å². The molecule has 0 spiro atoms. The molecular formula is C15H24N4O4S. The van der Waals surface area contributed by atoms with Crippen molar-refractivity contribution < 1.29 is 13.3 Å². The Morgan fingerprint density at radius 1 is 1.42 bits per heavy atom. The van der Waals surface area contributed by atoms with Crippen molar-refractivity contribution in [3.8, 4) is 0 Å². The highest BCUT2D eigenvalue weighted by Gasteiger charge is 2.28. The van der Waals surface area contributed by atoms with E-state index in [-0.39, 0.29) is 16.0 Å². The minimum Gasteiger partial charge on any atom is -0.379 e. The third-order valence-corrected chi connectivity index (χ3v) is 6.15. The first-order valence-electron chi connectivity index (χ1n) is 7.81. The number of nitro groups is 1. The Morgan fingerprint density at radius 2 is 2.12 bits per heavy atom. The Balaban J connectivity index is 2.26. The molecule has 0 aromatic heterocycles. The Labute approximate surface area is 142 Å². The van der Waals surface area contributed by atoms with E-state index in [1.807, 2.05) is 0 Å². The standard InChI is InChI=1S/C15H24N4O4S/c1-15(7-4-8-16-10-15)11-17-13-6-5-12(9-14(13)19(20)21)24(22,23)18(2)3/h5-6,9,16-17H,4,7-8,10-11H2,1-3H3. The second-order valence-corrected chi connectivity index (χ2v) is 8.82. The third kappa shape index (κ3) is 4.03. The lowest BCUT2D eigenvalue weighted by atomic mass is 9.83. The molecule has 1 aromatic rings. The van der Waals surface area contributed by atoms with Crippen molar-refractivity contribution in [3.05, 3.63) is 28.3 Å². The zero-order valence-corrected chi connectivity index (χ0v) is 15.0. The lowest BCUT2D eigenvalue weighted by molar-refractivity contribution is -0.384. The zero-order valence-electron chi connectivity index (χ0n) is 14.2. The molecule has 134 valence electrons. The summed E-state index contributed by atoms with van der Waals surface area (Å²) < 4.78 is 25.3. The fourth-order valence-electron chi connectivity index (χ4n) is 2.76. The molecule has 1 unspecified atom stereocenters. The number of anilines is 1. The molecule has 0 aliphatic carbocycles. The van der Waals surface area contributed by atoms with Crippen molar-refractivity contribution in [2.24, 2.45) is 5.41 Å². The van der Waals surface area contributed by atoms with E-state index >= 15 is 0 Å². The van der Waals surface area contributed by atoms with Gasteiger partial charge in [-0.1, -0.05) is 6.92 Å². The highest BCUT2D eigenvalue weighted by Crippen LogP contribution is 2.31. The summed E-state index contributed by atoms with van der Waals surface area (Å²) in [5, 5.41) is 17.8. The van der Waals surface area contributed by atoms with Crippen molar-refractivity contribution in [3.63, 3.8) is 0 Å². The van der Waals surface area contributed by atoms with Crippen LogP contribution >= 0.6 is 0 Å². The molecule has 1 saturated heterocycles. The fourth-order valence-corrected chi connectivity index (χ4v) is 3.68. The SMILES string of the molecule is CN(C)S(=O)(=O)c1ccc(NCC2(C)CCCNC2)c([N+](=O)[O-])c1. The predicted octanol–water partition coefficient (Wildman–Crippen LogP) is 1.65. The van der Waals surface area contributed by atoms with Crippen molar-refractivity contribution in [1.82, 2.24) is 9.62 Å². The van der Waals surface area contributed by atoms with E-state index in [2.05, 4.69) is 17.6 Å². The molecule has 1 atom stereocenters. The van der Waals surface area contributed by atoms with Crippen LogP contribution < -0.4 is 10.6 Å². The summed E-state index contributed by atoms with van der Waals surface area (Å²) in [7, 11) is -0.920. The van der Waals surface area contributed by atoms with Crippen molar-refractivity contribution in [2.45, 2.75) is 24.7 Å². The van der Waals surface area contributed by atoms with E-state index in [1.165, 1.54) is 26.2 Å². The molecule has 24 heavy (non-hydrogen) atoms. The monoisotopic (exact) mass is 356 g/mol.